The highest BCUT2D eigenvalue weighted by Crippen LogP contribution is 2.38. The topological polar surface area (TPSA) is 64.4 Å². The molecule has 0 bridgehead atoms. The summed E-state index contributed by atoms with van der Waals surface area (Å²) in [5.74, 6) is 0.495. The molecule has 1 heterocycles. The van der Waals surface area contributed by atoms with Crippen LogP contribution in [0.1, 0.15) is 25.3 Å². The van der Waals surface area contributed by atoms with Gasteiger partial charge in [-0.2, -0.15) is 0 Å². The molecular formula is C13H17BrN2O2. The van der Waals surface area contributed by atoms with Gasteiger partial charge >= 0.3 is 0 Å². The fraction of sp³-hybridized carbons (Fsp3) is 0.462. The number of hydrogen-bond donors (Lipinski definition) is 2. The molecule has 0 saturated heterocycles. The Bertz CT molecular complexity index is 463. The first-order valence-electron chi connectivity index (χ1n) is 6.15. The van der Waals surface area contributed by atoms with E-state index in [1.165, 1.54) is 5.56 Å². The van der Waals surface area contributed by atoms with Crippen molar-refractivity contribution in [2.75, 3.05) is 11.9 Å². The number of carbonyl (C=O) groups is 1. The molecule has 0 saturated carbocycles. The highest BCUT2D eigenvalue weighted by molar-refractivity contribution is 9.10. The summed E-state index contributed by atoms with van der Waals surface area (Å²) in [4.78, 5) is 11.7. The lowest BCUT2D eigenvalue weighted by atomic mass is 10.1. The molecule has 3 N–H and O–H groups in total. The minimum Gasteiger partial charge on any atom is -0.476 e. The fourth-order valence-corrected chi connectivity index (χ4v) is 2.55. The van der Waals surface area contributed by atoms with Crippen molar-refractivity contribution in [3.63, 3.8) is 0 Å². The van der Waals surface area contributed by atoms with Crippen LogP contribution in [0.4, 0.5) is 5.69 Å². The molecule has 1 aromatic carbocycles. The van der Waals surface area contributed by atoms with Gasteiger partial charge < -0.3 is 15.8 Å². The van der Waals surface area contributed by atoms with Gasteiger partial charge in [0.1, 0.15) is 0 Å². The third kappa shape index (κ3) is 2.67. The van der Waals surface area contributed by atoms with Gasteiger partial charge in [-0.15, -0.1) is 0 Å². The fourth-order valence-electron chi connectivity index (χ4n) is 1.95. The third-order valence-electron chi connectivity index (χ3n) is 2.95. The van der Waals surface area contributed by atoms with Crippen molar-refractivity contribution >= 4 is 27.5 Å². The number of aryl methyl sites for hydroxylation is 1. The van der Waals surface area contributed by atoms with Gasteiger partial charge in [0, 0.05) is 6.54 Å². The molecule has 4 nitrogen and oxygen atoms in total. The minimum atomic E-state index is -0.602. The van der Waals surface area contributed by atoms with Crippen LogP contribution in [0.5, 0.6) is 5.75 Å². The van der Waals surface area contributed by atoms with Crippen molar-refractivity contribution in [2.24, 2.45) is 5.73 Å². The Labute approximate surface area is 115 Å². The lowest BCUT2D eigenvalue weighted by Gasteiger charge is -2.26. The second-order valence-electron chi connectivity index (χ2n) is 4.39. The molecule has 1 amide bonds. The van der Waals surface area contributed by atoms with Gasteiger partial charge in [-0.05, 0) is 46.5 Å². The van der Waals surface area contributed by atoms with Crippen molar-refractivity contribution < 1.29 is 9.53 Å². The molecule has 98 valence electrons. The number of hydrogen-bond acceptors (Lipinski definition) is 3. The van der Waals surface area contributed by atoms with E-state index in [1.807, 2.05) is 12.1 Å². The number of nitrogens with one attached hydrogen (secondary N) is 1. The monoisotopic (exact) mass is 312 g/mol. The SMILES string of the molecule is CCCCc1cc(Br)c2c(c1)NC(=O)C(CN)O2. The van der Waals surface area contributed by atoms with Crippen molar-refractivity contribution in [1.29, 1.82) is 0 Å². The molecule has 2 rings (SSSR count). The van der Waals surface area contributed by atoms with Crippen LogP contribution in [0.3, 0.4) is 0 Å². The smallest absolute Gasteiger partial charge is 0.266 e. The molecule has 0 radical (unpaired) electrons. The highest BCUT2D eigenvalue weighted by atomic mass is 79.9. The second-order valence-corrected chi connectivity index (χ2v) is 5.24. The molecule has 0 aliphatic carbocycles. The van der Waals surface area contributed by atoms with Gasteiger partial charge in [-0.25, -0.2) is 0 Å². The summed E-state index contributed by atoms with van der Waals surface area (Å²) in [7, 11) is 0. The van der Waals surface area contributed by atoms with Crippen LogP contribution in [0.25, 0.3) is 0 Å². The Morgan fingerprint density at radius 3 is 2.94 bits per heavy atom. The van der Waals surface area contributed by atoms with Crippen LogP contribution in [-0.2, 0) is 11.2 Å². The number of amides is 1. The number of rotatable bonds is 4. The molecule has 5 heteroatoms. The van der Waals surface area contributed by atoms with E-state index in [9.17, 15) is 4.79 Å². The van der Waals surface area contributed by atoms with Crippen LogP contribution in [0.2, 0.25) is 0 Å². The maximum atomic E-state index is 11.7. The zero-order chi connectivity index (χ0) is 13.1. The summed E-state index contributed by atoms with van der Waals surface area (Å²) in [5.41, 5.74) is 7.41. The molecule has 1 unspecified atom stereocenters. The van der Waals surface area contributed by atoms with Crippen LogP contribution in [-0.4, -0.2) is 18.6 Å². The van der Waals surface area contributed by atoms with E-state index in [-0.39, 0.29) is 12.5 Å². The van der Waals surface area contributed by atoms with E-state index in [0.29, 0.717) is 5.75 Å². The third-order valence-corrected chi connectivity index (χ3v) is 3.54. The number of fused-ring (bicyclic) bond motifs is 1. The Morgan fingerprint density at radius 2 is 2.28 bits per heavy atom. The van der Waals surface area contributed by atoms with Crippen LogP contribution in [0.15, 0.2) is 16.6 Å². The molecule has 18 heavy (non-hydrogen) atoms. The lowest BCUT2D eigenvalue weighted by molar-refractivity contribution is -0.123. The van der Waals surface area contributed by atoms with Crippen LogP contribution >= 0.6 is 15.9 Å². The number of benzene rings is 1. The van der Waals surface area contributed by atoms with Crippen molar-refractivity contribution in [2.45, 2.75) is 32.3 Å². The summed E-state index contributed by atoms with van der Waals surface area (Å²) in [6, 6.07) is 4.01. The minimum absolute atomic E-state index is 0.176. The first kappa shape index (κ1) is 13.4. The van der Waals surface area contributed by atoms with E-state index < -0.39 is 6.10 Å². The highest BCUT2D eigenvalue weighted by Gasteiger charge is 2.28. The van der Waals surface area contributed by atoms with Crippen molar-refractivity contribution in [3.8, 4) is 5.75 Å². The average Bonchev–Trinajstić information content (AvgIpc) is 2.35. The quantitative estimate of drug-likeness (QED) is 0.897. The molecule has 1 aliphatic rings. The predicted octanol–water partition coefficient (Wildman–Crippen LogP) is 2.45. The maximum Gasteiger partial charge on any atom is 0.266 e. The molecule has 1 aromatic rings. The van der Waals surface area contributed by atoms with Crippen molar-refractivity contribution in [1.82, 2.24) is 0 Å². The lowest BCUT2D eigenvalue weighted by Crippen LogP contribution is -2.42. The Morgan fingerprint density at radius 1 is 1.50 bits per heavy atom. The van der Waals surface area contributed by atoms with Gasteiger partial charge in [0.15, 0.2) is 11.9 Å². The zero-order valence-electron chi connectivity index (χ0n) is 10.3. The van der Waals surface area contributed by atoms with Gasteiger partial charge in [0.2, 0.25) is 0 Å². The first-order chi connectivity index (χ1) is 8.65. The number of carbonyl (C=O) groups excluding carboxylic acids is 1. The number of anilines is 1. The molecule has 1 aliphatic heterocycles. The van der Waals surface area contributed by atoms with Gasteiger partial charge in [0.25, 0.3) is 5.91 Å². The molecule has 0 spiro atoms. The maximum absolute atomic E-state index is 11.7. The summed E-state index contributed by atoms with van der Waals surface area (Å²) in [5, 5.41) is 2.84. The average molecular weight is 313 g/mol. The standard InChI is InChI=1S/C13H17BrN2O2/c1-2-3-4-8-5-9(14)12-10(6-8)16-13(17)11(7-15)18-12/h5-6,11H,2-4,7,15H2,1H3,(H,16,17). The second kappa shape index (κ2) is 5.71. The number of unbranched alkanes of at least 4 members (excludes halogenated alkanes) is 1. The summed E-state index contributed by atoms with van der Waals surface area (Å²) >= 11 is 3.48. The summed E-state index contributed by atoms with van der Waals surface area (Å²) in [6.07, 6.45) is 2.67. The molecule has 0 aromatic heterocycles. The van der Waals surface area contributed by atoms with Gasteiger partial charge in [-0.1, -0.05) is 13.3 Å². The van der Waals surface area contributed by atoms with E-state index in [4.69, 9.17) is 10.5 Å². The molecule has 1 atom stereocenters. The molecule has 0 fully saturated rings. The predicted molar refractivity (Wildman–Crippen MR) is 74.9 cm³/mol. The van der Waals surface area contributed by atoms with Gasteiger partial charge in [-0.3, -0.25) is 4.79 Å². The largest absolute Gasteiger partial charge is 0.476 e. The Kier molecular flexibility index (Phi) is 4.24. The zero-order valence-corrected chi connectivity index (χ0v) is 11.9. The van der Waals surface area contributed by atoms with Crippen LogP contribution < -0.4 is 15.8 Å². The van der Waals surface area contributed by atoms with E-state index in [2.05, 4.69) is 28.2 Å². The normalized spacial score (nSPS) is 17.9. The summed E-state index contributed by atoms with van der Waals surface area (Å²) in [6.45, 7) is 2.33. The van der Waals surface area contributed by atoms with E-state index in [0.717, 1.165) is 29.4 Å². The van der Waals surface area contributed by atoms with Crippen molar-refractivity contribution in [3.05, 3.63) is 22.2 Å². The molecular weight excluding hydrogens is 296 g/mol. The number of halogens is 1. The Hall–Kier alpha value is -1.07. The van der Waals surface area contributed by atoms with E-state index >= 15 is 0 Å². The van der Waals surface area contributed by atoms with Gasteiger partial charge in [0.05, 0.1) is 10.2 Å². The summed E-state index contributed by atoms with van der Waals surface area (Å²) < 4.78 is 6.47. The van der Waals surface area contributed by atoms with E-state index in [1.54, 1.807) is 0 Å². The van der Waals surface area contributed by atoms with Crippen LogP contribution in [0, 0.1) is 0 Å². The number of ether oxygens (including phenoxy) is 1. The first-order valence-corrected chi connectivity index (χ1v) is 6.95. The Balaban J connectivity index is 2.28. The number of nitrogens with two attached hydrogens (primary N) is 1.